The van der Waals surface area contributed by atoms with Crippen molar-refractivity contribution in [2.45, 2.75) is 39.8 Å². The molecule has 0 unspecified atom stereocenters. The minimum Gasteiger partial charge on any atom is -0.497 e. The van der Waals surface area contributed by atoms with Crippen molar-refractivity contribution in [3.8, 4) is 5.75 Å². The summed E-state index contributed by atoms with van der Waals surface area (Å²) in [4.78, 5) is 6.93. The molecule has 6 heteroatoms. The van der Waals surface area contributed by atoms with E-state index < -0.39 is 0 Å². The van der Waals surface area contributed by atoms with Crippen LogP contribution in [0.1, 0.15) is 43.5 Å². The van der Waals surface area contributed by atoms with Gasteiger partial charge in [-0.15, -0.1) is 0 Å². The average molecular weight is 358 g/mol. The number of methoxy groups -OCH3 is 1. The lowest BCUT2D eigenvalue weighted by Gasteiger charge is -2.22. The molecular formula is C20H31N5O. The van der Waals surface area contributed by atoms with Crippen molar-refractivity contribution in [1.29, 1.82) is 0 Å². The first-order valence-electron chi connectivity index (χ1n) is 9.09. The number of rotatable bonds is 7. The lowest BCUT2D eigenvalue weighted by atomic mass is 10.1. The number of aryl methyl sites for hydroxylation is 1. The van der Waals surface area contributed by atoms with E-state index in [9.17, 15) is 0 Å². The maximum absolute atomic E-state index is 5.29. The van der Waals surface area contributed by atoms with Crippen molar-refractivity contribution in [2.75, 3.05) is 20.7 Å². The molecule has 142 valence electrons. The molecular weight excluding hydrogens is 326 g/mol. The average Bonchev–Trinajstić information content (AvgIpc) is 2.99. The Labute approximate surface area is 156 Å². The number of benzene rings is 1. The normalized spacial score (nSPS) is 11.7. The number of guanidine groups is 1. The SMILES string of the molecule is CCNC(=NCc1cccc(OC)c1)N(C)Cc1cn(C)nc1C(C)C. The number of aromatic nitrogens is 2. The molecule has 1 N–H and O–H groups in total. The Morgan fingerprint density at radius 2 is 2.15 bits per heavy atom. The van der Waals surface area contributed by atoms with Gasteiger partial charge in [-0.25, -0.2) is 4.99 Å². The number of nitrogens with one attached hydrogen (secondary N) is 1. The van der Waals surface area contributed by atoms with Crippen LogP contribution >= 0.6 is 0 Å². The Morgan fingerprint density at radius 3 is 2.81 bits per heavy atom. The van der Waals surface area contributed by atoms with Crippen molar-refractivity contribution in [2.24, 2.45) is 12.0 Å². The zero-order valence-electron chi connectivity index (χ0n) is 16.8. The third-order valence-corrected chi connectivity index (χ3v) is 4.13. The summed E-state index contributed by atoms with van der Waals surface area (Å²) in [5.41, 5.74) is 3.50. The van der Waals surface area contributed by atoms with Crippen LogP contribution in [-0.2, 0) is 20.1 Å². The fourth-order valence-corrected chi connectivity index (χ4v) is 2.90. The Bertz CT molecular complexity index is 736. The zero-order chi connectivity index (χ0) is 19.1. The summed E-state index contributed by atoms with van der Waals surface area (Å²) in [6, 6.07) is 8.02. The molecule has 2 aromatic rings. The molecule has 26 heavy (non-hydrogen) atoms. The van der Waals surface area contributed by atoms with Gasteiger partial charge in [0.1, 0.15) is 5.75 Å². The van der Waals surface area contributed by atoms with Crippen LogP contribution in [0.3, 0.4) is 0 Å². The summed E-state index contributed by atoms with van der Waals surface area (Å²) in [6.07, 6.45) is 2.09. The number of hydrogen-bond donors (Lipinski definition) is 1. The highest BCUT2D eigenvalue weighted by molar-refractivity contribution is 5.79. The summed E-state index contributed by atoms with van der Waals surface area (Å²) in [7, 11) is 5.71. The van der Waals surface area contributed by atoms with E-state index in [1.54, 1.807) is 7.11 Å². The molecule has 0 fully saturated rings. The van der Waals surface area contributed by atoms with E-state index in [0.29, 0.717) is 12.5 Å². The van der Waals surface area contributed by atoms with Gasteiger partial charge in [0.15, 0.2) is 5.96 Å². The van der Waals surface area contributed by atoms with Crippen LogP contribution in [0.2, 0.25) is 0 Å². The Morgan fingerprint density at radius 1 is 1.38 bits per heavy atom. The molecule has 2 rings (SSSR count). The third-order valence-electron chi connectivity index (χ3n) is 4.13. The van der Waals surface area contributed by atoms with Crippen LogP contribution in [0, 0.1) is 0 Å². The number of aliphatic imine (C=N–C) groups is 1. The predicted molar refractivity (Wildman–Crippen MR) is 107 cm³/mol. The molecule has 0 aliphatic carbocycles. The molecule has 1 aromatic carbocycles. The Hall–Kier alpha value is -2.50. The van der Waals surface area contributed by atoms with Crippen LogP contribution in [0.4, 0.5) is 0 Å². The summed E-state index contributed by atoms with van der Waals surface area (Å²) in [5, 5.41) is 7.97. The van der Waals surface area contributed by atoms with Crippen LogP contribution in [0.5, 0.6) is 5.75 Å². The molecule has 1 heterocycles. The predicted octanol–water partition coefficient (Wildman–Crippen LogP) is 3.15. The number of ether oxygens (including phenoxy) is 1. The van der Waals surface area contributed by atoms with Gasteiger partial charge in [-0.2, -0.15) is 5.10 Å². The fourth-order valence-electron chi connectivity index (χ4n) is 2.90. The number of hydrogen-bond acceptors (Lipinski definition) is 3. The molecule has 0 atom stereocenters. The first-order chi connectivity index (χ1) is 12.4. The maximum atomic E-state index is 5.29. The highest BCUT2D eigenvalue weighted by atomic mass is 16.5. The highest BCUT2D eigenvalue weighted by Gasteiger charge is 2.15. The van der Waals surface area contributed by atoms with Gasteiger partial charge in [-0.1, -0.05) is 26.0 Å². The topological polar surface area (TPSA) is 54.7 Å². The van der Waals surface area contributed by atoms with Crippen molar-refractivity contribution >= 4 is 5.96 Å². The van der Waals surface area contributed by atoms with Crippen molar-refractivity contribution in [3.05, 3.63) is 47.3 Å². The van der Waals surface area contributed by atoms with E-state index in [-0.39, 0.29) is 0 Å². The first kappa shape index (κ1) is 19.8. The lowest BCUT2D eigenvalue weighted by molar-refractivity contribution is 0.414. The van der Waals surface area contributed by atoms with Crippen LogP contribution in [-0.4, -0.2) is 41.3 Å². The van der Waals surface area contributed by atoms with Crippen molar-refractivity contribution in [3.63, 3.8) is 0 Å². The van der Waals surface area contributed by atoms with Crippen LogP contribution in [0.25, 0.3) is 0 Å². The van der Waals surface area contributed by atoms with E-state index in [0.717, 1.165) is 36.1 Å². The fraction of sp³-hybridized carbons (Fsp3) is 0.500. The van der Waals surface area contributed by atoms with E-state index in [1.807, 2.05) is 29.9 Å². The molecule has 0 bridgehead atoms. The minimum atomic E-state index is 0.399. The largest absolute Gasteiger partial charge is 0.497 e. The Kier molecular flexibility index (Phi) is 7.06. The summed E-state index contributed by atoms with van der Waals surface area (Å²) >= 11 is 0. The van der Waals surface area contributed by atoms with Crippen molar-refractivity contribution in [1.82, 2.24) is 20.0 Å². The smallest absolute Gasteiger partial charge is 0.194 e. The standard InChI is InChI=1S/C20H31N5O/c1-7-21-20(22-12-16-9-8-10-18(11-16)26-6)24(4)13-17-14-25(5)23-19(17)15(2)3/h8-11,14-15H,7,12-13H2,1-6H3,(H,21,22). The molecule has 0 aliphatic rings. The van der Waals surface area contributed by atoms with Crippen LogP contribution < -0.4 is 10.1 Å². The van der Waals surface area contributed by atoms with Gasteiger partial charge in [-0.05, 0) is 30.5 Å². The van der Waals surface area contributed by atoms with E-state index in [1.165, 1.54) is 5.56 Å². The van der Waals surface area contributed by atoms with E-state index in [4.69, 9.17) is 9.73 Å². The van der Waals surface area contributed by atoms with Gasteiger partial charge in [0, 0.05) is 38.9 Å². The molecule has 1 aromatic heterocycles. The first-order valence-corrected chi connectivity index (χ1v) is 9.09. The molecule has 0 spiro atoms. The van der Waals surface area contributed by atoms with Crippen molar-refractivity contribution < 1.29 is 4.74 Å². The monoisotopic (exact) mass is 357 g/mol. The molecule has 0 radical (unpaired) electrons. The third kappa shape index (κ3) is 5.25. The second-order valence-corrected chi connectivity index (χ2v) is 6.75. The maximum Gasteiger partial charge on any atom is 0.194 e. The second-order valence-electron chi connectivity index (χ2n) is 6.75. The molecule has 0 saturated heterocycles. The zero-order valence-corrected chi connectivity index (χ0v) is 16.8. The van der Waals surface area contributed by atoms with Gasteiger partial charge >= 0.3 is 0 Å². The van der Waals surface area contributed by atoms with Gasteiger partial charge in [0.2, 0.25) is 0 Å². The molecule has 0 amide bonds. The van der Waals surface area contributed by atoms with Crippen LogP contribution in [0.15, 0.2) is 35.5 Å². The van der Waals surface area contributed by atoms with E-state index >= 15 is 0 Å². The van der Waals surface area contributed by atoms with Gasteiger partial charge in [-0.3, -0.25) is 4.68 Å². The highest BCUT2D eigenvalue weighted by Crippen LogP contribution is 2.19. The second kappa shape index (κ2) is 9.27. The minimum absolute atomic E-state index is 0.399. The summed E-state index contributed by atoms with van der Waals surface area (Å²) < 4.78 is 7.18. The quantitative estimate of drug-likeness (QED) is 0.611. The Balaban J connectivity index is 2.14. The number of nitrogens with zero attached hydrogens (tertiary/aromatic N) is 4. The van der Waals surface area contributed by atoms with Gasteiger partial charge < -0.3 is 15.0 Å². The molecule has 0 aliphatic heterocycles. The summed E-state index contributed by atoms with van der Waals surface area (Å²) in [6.45, 7) is 8.63. The van der Waals surface area contributed by atoms with Gasteiger partial charge in [0.25, 0.3) is 0 Å². The molecule has 0 saturated carbocycles. The lowest BCUT2D eigenvalue weighted by Crippen LogP contribution is -2.38. The van der Waals surface area contributed by atoms with Gasteiger partial charge in [0.05, 0.1) is 19.3 Å². The van der Waals surface area contributed by atoms with E-state index in [2.05, 4.69) is 55.4 Å². The molecule has 6 nitrogen and oxygen atoms in total. The summed E-state index contributed by atoms with van der Waals surface area (Å²) in [5.74, 6) is 2.14.